The van der Waals surface area contributed by atoms with Crippen LogP contribution >= 0.6 is 91.2 Å². The molecule has 16 nitrogen and oxygen atoms in total. The molecule has 0 aliphatic carbocycles. The number of nitrogens with zero attached hydrogens (tertiary/aromatic N) is 1. The number of aromatic nitrogens is 1. The molecule has 2 fully saturated rings. The lowest BCUT2D eigenvalue weighted by Gasteiger charge is -2.48. The molecule has 1 unspecified atom stereocenters. The molecule has 1 aromatic heterocycles. The molecule has 2 aliphatic heterocycles. The van der Waals surface area contributed by atoms with Gasteiger partial charge < -0.3 is 64.6 Å². The van der Waals surface area contributed by atoms with E-state index in [-0.39, 0.29) is 6.61 Å². The third-order valence-electron chi connectivity index (χ3n) is 6.91. The van der Waals surface area contributed by atoms with Gasteiger partial charge in [-0.3, -0.25) is 0 Å². The first-order valence-corrected chi connectivity index (χ1v) is 19.1. The first kappa shape index (κ1) is 44.9. The first-order valence-electron chi connectivity index (χ1n) is 14.7. The molecule has 0 aromatic carbocycles. The normalized spacial score (nSPS) is 30.6. The van der Waals surface area contributed by atoms with E-state index in [1.165, 1.54) is 21.6 Å². The summed E-state index contributed by atoms with van der Waals surface area (Å²) in [5.74, 6) is 0. The zero-order valence-electron chi connectivity index (χ0n) is 26.0. The van der Waals surface area contributed by atoms with E-state index in [9.17, 15) is 35.1 Å². The van der Waals surface area contributed by atoms with Gasteiger partial charge in [0, 0.05) is 6.20 Å². The number of carbonyl (C=O) groups excluding carboxylic acids is 2. The highest BCUT2D eigenvalue weighted by Gasteiger charge is 2.53. The molecule has 24 heteroatoms. The summed E-state index contributed by atoms with van der Waals surface area (Å²) < 4.78 is 29.4. The molecule has 51 heavy (non-hydrogen) atoms. The van der Waals surface area contributed by atoms with Crippen molar-refractivity contribution < 1.29 is 63.5 Å². The Kier molecular flexibility index (Phi) is 18.5. The van der Waals surface area contributed by atoms with Crippen molar-refractivity contribution in [3.63, 3.8) is 0 Å². The van der Waals surface area contributed by atoms with E-state index < -0.39 is 113 Å². The van der Waals surface area contributed by atoms with Crippen molar-refractivity contribution in [3.05, 3.63) is 37.1 Å². The average Bonchev–Trinajstić information content (AvgIpc) is 3.08. The summed E-state index contributed by atoms with van der Waals surface area (Å²) in [6.07, 6.45) is -12.5. The predicted octanol–water partition coefficient (Wildman–Crippen LogP) is 2.23. The zero-order chi connectivity index (χ0) is 37.9. The molecular formula is C27H35Cl6N3O13S2. The van der Waals surface area contributed by atoms with Gasteiger partial charge in [-0.15, -0.1) is 6.58 Å². The highest BCUT2D eigenvalue weighted by Crippen LogP contribution is 2.35. The molecular weight excluding hydrogens is 851 g/mol. The highest BCUT2D eigenvalue weighted by atomic mass is 35.6. The van der Waals surface area contributed by atoms with Gasteiger partial charge >= 0.3 is 12.2 Å². The molecule has 2 amide bonds. The molecule has 0 saturated carbocycles. The van der Waals surface area contributed by atoms with Crippen LogP contribution in [0.5, 0.6) is 0 Å². The number of hydrogen-bond donors (Lipinski definition) is 7. The molecule has 0 radical (unpaired) electrons. The van der Waals surface area contributed by atoms with Gasteiger partial charge in [0.25, 0.3) is 0 Å². The Morgan fingerprint density at radius 2 is 1.47 bits per heavy atom. The van der Waals surface area contributed by atoms with Crippen LogP contribution in [0.15, 0.2) is 42.1 Å². The average molecular weight is 886 g/mol. The summed E-state index contributed by atoms with van der Waals surface area (Å²) in [5.41, 5.74) is 0. The number of alkyl carbamates (subject to hydrolysis) is 2. The summed E-state index contributed by atoms with van der Waals surface area (Å²) in [4.78, 5) is 29.8. The number of nitrogens with one attached hydrogen (secondary N) is 2. The Hall–Kier alpha value is -0.490. The number of halogens is 6. The maximum atomic E-state index is 12.9. The zero-order valence-corrected chi connectivity index (χ0v) is 32.2. The summed E-state index contributed by atoms with van der Waals surface area (Å²) in [6.45, 7) is 0.691. The van der Waals surface area contributed by atoms with Crippen molar-refractivity contribution >= 4 is 103 Å². The van der Waals surface area contributed by atoms with Crippen LogP contribution < -0.4 is 10.6 Å². The van der Waals surface area contributed by atoms with Crippen LogP contribution in [0.4, 0.5) is 9.59 Å². The molecule has 7 N–H and O–H groups in total. The van der Waals surface area contributed by atoms with Crippen LogP contribution in [0.2, 0.25) is 0 Å². The van der Waals surface area contributed by atoms with Crippen LogP contribution in [0.1, 0.15) is 0 Å². The lowest BCUT2D eigenvalue weighted by molar-refractivity contribution is -0.328. The van der Waals surface area contributed by atoms with Crippen LogP contribution in [0.3, 0.4) is 0 Å². The monoisotopic (exact) mass is 883 g/mol. The Bertz CT molecular complexity index is 1260. The molecule has 0 spiro atoms. The van der Waals surface area contributed by atoms with E-state index in [1.807, 2.05) is 6.07 Å². The third kappa shape index (κ3) is 14.6. The third-order valence-corrected chi connectivity index (χ3v) is 10.2. The molecule has 0 bridgehead atoms. The standard InChI is InChI=1S/C27H35Cl6N3O13S2/c1-2-12(50-51-15-5-3-4-6-34-15)9-44-22-17(36-25(43)46-11-27(31,32)33)21(19(40)14(8-38)47-22)49-23-16(20(41)18(39)13(7-37)48-23)35-24(42)45-10-26(28,29)30/h2-6,12-14,16-23,37-41H,1,7-11H2,(H,35,42)(H,36,43)/t12?,13-,14-,16-,17-,18-,19-,20-,21-,22-,23+/m1/s1. The number of hydrogen-bond acceptors (Lipinski definition) is 16. The molecule has 3 heterocycles. The van der Waals surface area contributed by atoms with E-state index in [2.05, 4.69) is 22.2 Å². The number of alkyl halides is 6. The SMILES string of the molecule is C=CC(CO[C@@H]1O[C@H](CO)[C@@H](O)[C@H](O[C@@H]2O[C@H](CO)[C@@H](O)[C@H](O)[C@H]2NC(=O)OCC(Cl)(Cl)Cl)[C@H]1NC(=O)OCC(Cl)(Cl)Cl)SSc1ccccn1. The van der Waals surface area contributed by atoms with Gasteiger partial charge in [0.05, 0.1) is 25.1 Å². The molecule has 3 rings (SSSR count). The lowest BCUT2D eigenvalue weighted by Crippen LogP contribution is -2.70. The van der Waals surface area contributed by atoms with E-state index >= 15 is 0 Å². The van der Waals surface area contributed by atoms with Crippen LogP contribution in [-0.2, 0) is 28.4 Å². The fourth-order valence-electron chi connectivity index (χ4n) is 4.51. The number of rotatable bonds is 15. The van der Waals surface area contributed by atoms with Gasteiger partial charge in [0.2, 0.25) is 7.59 Å². The predicted molar refractivity (Wildman–Crippen MR) is 189 cm³/mol. The number of ether oxygens (including phenoxy) is 6. The summed E-state index contributed by atoms with van der Waals surface area (Å²) in [5, 5.41) is 57.7. The fraction of sp³-hybridized carbons (Fsp3) is 0.667. The van der Waals surface area contributed by atoms with Gasteiger partial charge in [-0.25, -0.2) is 14.6 Å². The Morgan fingerprint density at radius 1 is 0.902 bits per heavy atom. The Labute approximate surface area is 330 Å². The minimum absolute atomic E-state index is 0.0995. The van der Waals surface area contributed by atoms with Crippen molar-refractivity contribution in [2.75, 3.05) is 33.0 Å². The molecule has 2 aliphatic rings. The van der Waals surface area contributed by atoms with Crippen LogP contribution in [0.25, 0.3) is 0 Å². The molecule has 2 saturated heterocycles. The maximum absolute atomic E-state index is 12.9. The van der Waals surface area contributed by atoms with Crippen molar-refractivity contribution in [2.24, 2.45) is 0 Å². The number of pyridine rings is 1. The van der Waals surface area contributed by atoms with E-state index in [1.54, 1.807) is 24.4 Å². The Balaban J connectivity index is 1.90. The van der Waals surface area contributed by atoms with Crippen molar-refractivity contribution in [1.82, 2.24) is 15.6 Å². The number of amides is 2. The molecule has 1 aromatic rings. The number of aliphatic hydroxyl groups is 5. The second-order valence-corrected chi connectivity index (χ2v) is 18.2. The van der Waals surface area contributed by atoms with Crippen molar-refractivity contribution in [3.8, 4) is 0 Å². The molecule has 290 valence electrons. The quantitative estimate of drug-likeness (QED) is 0.0762. The van der Waals surface area contributed by atoms with Crippen molar-refractivity contribution in [2.45, 2.75) is 79.1 Å². The van der Waals surface area contributed by atoms with Gasteiger partial charge in [0.1, 0.15) is 66.9 Å². The minimum atomic E-state index is -2.00. The van der Waals surface area contributed by atoms with Crippen LogP contribution in [0, 0.1) is 0 Å². The van der Waals surface area contributed by atoms with Gasteiger partial charge in [0.15, 0.2) is 12.6 Å². The molecule has 11 atom stereocenters. The van der Waals surface area contributed by atoms with Gasteiger partial charge in [-0.05, 0) is 22.9 Å². The summed E-state index contributed by atoms with van der Waals surface area (Å²) in [7, 11) is 2.67. The highest BCUT2D eigenvalue weighted by molar-refractivity contribution is 8.77. The second-order valence-electron chi connectivity index (χ2n) is 10.7. The first-order chi connectivity index (χ1) is 24.0. The Morgan fingerprint density at radius 3 is 2.00 bits per heavy atom. The fourth-order valence-corrected chi connectivity index (χ4v) is 6.88. The number of carbonyl (C=O) groups is 2. The largest absolute Gasteiger partial charge is 0.445 e. The summed E-state index contributed by atoms with van der Waals surface area (Å²) in [6, 6.07) is 2.20. The topological polar surface area (TPSA) is 228 Å². The van der Waals surface area contributed by atoms with E-state index in [0.29, 0.717) is 5.03 Å². The maximum Gasteiger partial charge on any atom is 0.407 e. The van der Waals surface area contributed by atoms with Crippen LogP contribution in [-0.4, -0.2) is 150 Å². The lowest BCUT2D eigenvalue weighted by atomic mass is 9.94. The van der Waals surface area contributed by atoms with Gasteiger partial charge in [-0.1, -0.05) is 92.5 Å². The smallest absolute Gasteiger partial charge is 0.407 e. The van der Waals surface area contributed by atoms with E-state index in [0.717, 1.165) is 0 Å². The second kappa shape index (κ2) is 21.0. The van der Waals surface area contributed by atoms with E-state index in [4.69, 9.17) is 98.0 Å². The summed E-state index contributed by atoms with van der Waals surface area (Å²) >= 11 is 34.1. The number of aliphatic hydroxyl groups excluding tert-OH is 5. The minimum Gasteiger partial charge on any atom is -0.445 e. The van der Waals surface area contributed by atoms with Gasteiger partial charge in [-0.2, -0.15) is 0 Å². The van der Waals surface area contributed by atoms with Crippen molar-refractivity contribution in [1.29, 1.82) is 0 Å².